The Labute approximate surface area is 214 Å². The molecule has 2 heterocycles. The number of nitrogens with one attached hydrogen (secondary N) is 1. The van der Waals surface area contributed by atoms with Crippen molar-refractivity contribution in [2.24, 2.45) is 0 Å². The summed E-state index contributed by atoms with van der Waals surface area (Å²) in [4.78, 5) is 32.5. The van der Waals surface area contributed by atoms with E-state index in [-0.39, 0.29) is 17.9 Å². The molecule has 0 bridgehead atoms. The molecule has 7 heteroatoms. The minimum absolute atomic E-state index is 0.00249. The van der Waals surface area contributed by atoms with Crippen LogP contribution in [0.1, 0.15) is 50.8 Å². The Morgan fingerprint density at radius 1 is 0.917 bits per heavy atom. The van der Waals surface area contributed by atoms with Crippen molar-refractivity contribution in [1.29, 1.82) is 0 Å². The van der Waals surface area contributed by atoms with Gasteiger partial charge in [-0.1, -0.05) is 13.0 Å². The van der Waals surface area contributed by atoms with Crippen molar-refractivity contribution in [2.45, 2.75) is 38.6 Å². The highest BCUT2D eigenvalue weighted by Crippen LogP contribution is 2.34. The average Bonchev–Trinajstić information content (AvgIpc) is 2.93. The number of benzene rings is 2. The minimum atomic E-state index is -0.0679. The topological polar surface area (TPSA) is 65.1 Å². The monoisotopic (exact) mass is 490 g/mol. The summed E-state index contributed by atoms with van der Waals surface area (Å²) in [6.07, 6.45) is 3.85. The van der Waals surface area contributed by atoms with Crippen LogP contribution in [0.3, 0.4) is 0 Å². The highest BCUT2D eigenvalue weighted by atomic mass is 16.5. The van der Waals surface area contributed by atoms with Crippen molar-refractivity contribution in [2.75, 3.05) is 64.4 Å². The number of carbonyl (C=O) groups excluding carboxylic acids is 2. The van der Waals surface area contributed by atoms with Crippen molar-refractivity contribution in [3.63, 3.8) is 0 Å². The Morgan fingerprint density at radius 3 is 2.31 bits per heavy atom. The SMILES string of the molecule is CCc1ccc(N2CCN(C)CC2)c2c1CC[C@@H](NC(=O)c1ccc(C(=O)N3CCOCC3)cc1)C2. The highest BCUT2D eigenvalue weighted by molar-refractivity contribution is 5.98. The van der Waals surface area contributed by atoms with Gasteiger partial charge in [0.1, 0.15) is 0 Å². The molecule has 1 N–H and O–H groups in total. The molecule has 0 radical (unpaired) electrons. The van der Waals surface area contributed by atoms with Gasteiger partial charge < -0.3 is 24.8 Å². The zero-order valence-electron chi connectivity index (χ0n) is 21.6. The zero-order chi connectivity index (χ0) is 25.1. The van der Waals surface area contributed by atoms with Gasteiger partial charge in [-0.25, -0.2) is 0 Å². The van der Waals surface area contributed by atoms with Crippen LogP contribution < -0.4 is 10.2 Å². The van der Waals surface area contributed by atoms with E-state index in [9.17, 15) is 9.59 Å². The summed E-state index contributed by atoms with van der Waals surface area (Å²) in [7, 11) is 2.18. The summed E-state index contributed by atoms with van der Waals surface area (Å²) in [5, 5.41) is 3.29. The number of ether oxygens (including phenoxy) is 1. The van der Waals surface area contributed by atoms with E-state index in [0.717, 1.165) is 51.9 Å². The lowest BCUT2D eigenvalue weighted by Crippen LogP contribution is -2.45. The molecule has 0 unspecified atom stereocenters. The second-order valence-corrected chi connectivity index (χ2v) is 10.2. The number of hydrogen-bond donors (Lipinski definition) is 1. The summed E-state index contributed by atoms with van der Waals surface area (Å²) in [6.45, 7) is 8.84. The van der Waals surface area contributed by atoms with Crippen LogP contribution in [0.4, 0.5) is 5.69 Å². The van der Waals surface area contributed by atoms with Gasteiger partial charge in [-0.2, -0.15) is 0 Å². The van der Waals surface area contributed by atoms with E-state index in [4.69, 9.17) is 4.74 Å². The molecule has 2 saturated heterocycles. The zero-order valence-corrected chi connectivity index (χ0v) is 21.6. The smallest absolute Gasteiger partial charge is 0.254 e. The van der Waals surface area contributed by atoms with Gasteiger partial charge in [-0.3, -0.25) is 9.59 Å². The summed E-state index contributed by atoms with van der Waals surface area (Å²) in [5.74, 6) is -0.0704. The number of morpholine rings is 1. The van der Waals surface area contributed by atoms with E-state index in [1.165, 1.54) is 22.4 Å². The van der Waals surface area contributed by atoms with E-state index in [1.54, 1.807) is 29.2 Å². The lowest BCUT2D eigenvalue weighted by molar-refractivity contribution is 0.0303. The van der Waals surface area contributed by atoms with Crippen molar-refractivity contribution in [3.05, 3.63) is 64.2 Å². The van der Waals surface area contributed by atoms with Crippen molar-refractivity contribution < 1.29 is 14.3 Å². The van der Waals surface area contributed by atoms with Crippen LogP contribution >= 0.6 is 0 Å². The number of likely N-dealkylation sites (N-methyl/N-ethyl adjacent to an activating group) is 1. The van der Waals surface area contributed by atoms with E-state index in [2.05, 4.69) is 41.2 Å². The summed E-state index contributed by atoms with van der Waals surface area (Å²) < 4.78 is 5.34. The van der Waals surface area contributed by atoms with Crippen LogP contribution in [-0.2, 0) is 24.0 Å². The average molecular weight is 491 g/mol. The minimum Gasteiger partial charge on any atom is -0.378 e. The fourth-order valence-corrected chi connectivity index (χ4v) is 5.72. The number of anilines is 1. The maximum absolute atomic E-state index is 13.1. The van der Waals surface area contributed by atoms with Gasteiger partial charge >= 0.3 is 0 Å². The summed E-state index contributed by atoms with van der Waals surface area (Å²) in [5.41, 5.74) is 6.91. The first kappa shape index (κ1) is 24.8. The molecule has 1 atom stereocenters. The lowest BCUT2D eigenvalue weighted by Gasteiger charge is -2.38. The van der Waals surface area contributed by atoms with Gasteiger partial charge in [0.2, 0.25) is 0 Å². The largest absolute Gasteiger partial charge is 0.378 e. The molecule has 7 nitrogen and oxygen atoms in total. The maximum atomic E-state index is 13.1. The second kappa shape index (κ2) is 11.0. The van der Waals surface area contributed by atoms with Crippen molar-refractivity contribution in [1.82, 2.24) is 15.1 Å². The van der Waals surface area contributed by atoms with Crippen LogP contribution in [0.25, 0.3) is 0 Å². The third-order valence-electron chi connectivity index (χ3n) is 7.95. The molecule has 2 amide bonds. The van der Waals surface area contributed by atoms with E-state index in [0.29, 0.717) is 37.4 Å². The van der Waals surface area contributed by atoms with Gasteiger partial charge in [-0.15, -0.1) is 0 Å². The Bertz CT molecular complexity index is 1090. The molecule has 2 fully saturated rings. The van der Waals surface area contributed by atoms with Crippen LogP contribution in [0.5, 0.6) is 0 Å². The number of carbonyl (C=O) groups is 2. The molecule has 1 aliphatic carbocycles. The standard InChI is InChI=1S/C29H38N4O3/c1-3-21-8-11-27(32-14-12-31(2)13-15-32)26-20-24(9-10-25(21)26)30-28(34)22-4-6-23(7-5-22)29(35)33-16-18-36-19-17-33/h4-8,11,24H,3,9-10,12-20H2,1-2H3,(H,30,34)/t24-/m1/s1. The first-order valence-electron chi connectivity index (χ1n) is 13.4. The van der Waals surface area contributed by atoms with Gasteiger partial charge in [0.05, 0.1) is 13.2 Å². The molecule has 2 aromatic rings. The molecular weight excluding hydrogens is 452 g/mol. The number of amides is 2. The number of piperazine rings is 1. The van der Waals surface area contributed by atoms with Gasteiger partial charge in [0, 0.05) is 62.1 Å². The van der Waals surface area contributed by atoms with Crippen LogP contribution in [0.2, 0.25) is 0 Å². The van der Waals surface area contributed by atoms with Gasteiger partial charge in [0.15, 0.2) is 0 Å². The van der Waals surface area contributed by atoms with Crippen molar-refractivity contribution in [3.8, 4) is 0 Å². The Hall–Kier alpha value is -2.90. The number of fused-ring (bicyclic) bond motifs is 1. The number of aryl methyl sites for hydroxylation is 1. The predicted molar refractivity (Wildman–Crippen MR) is 142 cm³/mol. The maximum Gasteiger partial charge on any atom is 0.254 e. The third kappa shape index (κ3) is 5.27. The van der Waals surface area contributed by atoms with Crippen molar-refractivity contribution >= 4 is 17.5 Å². The number of rotatable bonds is 5. The Kier molecular flexibility index (Phi) is 7.58. The molecule has 0 aromatic heterocycles. The summed E-state index contributed by atoms with van der Waals surface area (Å²) >= 11 is 0. The first-order valence-corrected chi connectivity index (χ1v) is 13.4. The molecule has 3 aliphatic rings. The van der Waals surface area contributed by atoms with E-state index in [1.807, 2.05) is 0 Å². The highest BCUT2D eigenvalue weighted by Gasteiger charge is 2.27. The predicted octanol–water partition coefficient (Wildman–Crippen LogP) is 2.76. The first-order chi connectivity index (χ1) is 17.5. The Balaban J connectivity index is 1.27. The van der Waals surface area contributed by atoms with Crippen LogP contribution in [0, 0.1) is 0 Å². The van der Waals surface area contributed by atoms with Crippen LogP contribution in [0.15, 0.2) is 36.4 Å². The van der Waals surface area contributed by atoms with Gasteiger partial charge in [0.25, 0.3) is 11.8 Å². The van der Waals surface area contributed by atoms with E-state index >= 15 is 0 Å². The van der Waals surface area contributed by atoms with Gasteiger partial charge in [-0.05, 0) is 79.8 Å². The normalized spacial score (nSPS) is 20.7. The molecule has 0 saturated carbocycles. The number of hydrogen-bond acceptors (Lipinski definition) is 5. The Morgan fingerprint density at radius 2 is 1.61 bits per heavy atom. The molecular formula is C29H38N4O3. The molecule has 5 rings (SSSR count). The molecule has 0 spiro atoms. The molecule has 36 heavy (non-hydrogen) atoms. The van der Waals surface area contributed by atoms with E-state index < -0.39 is 0 Å². The lowest BCUT2D eigenvalue weighted by atomic mass is 9.83. The third-order valence-corrected chi connectivity index (χ3v) is 7.95. The summed E-state index contributed by atoms with van der Waals surface area (Å²) in [6, 6.07) is 11.8. The molecule has 2 aromatic carbocycles. The fourth-order valence-electron chi connectivity index (χ4n) is 5.72. The molecule has 192 valence electrons. The molecule has 2 aliphatic heterocycles. The van der Waals surface area contributed by atoms with Crippen LogP contribution in [-0.4, -0.2) is 87.2 Å². The fraction of sp³-hybridized carbons (Fsp3) is 0.517. The quantitative estimate of drug-likeness (QED) is 0.698. The second-order valence-electron chi connectivity index (χ2n) is 10.2. The number of nitrogens with zero attached hydrogens (tertiary/aromatic N) is 3.